The van der Waals surface area contributed by atoms with Gasteiger partial charge in [0.05, 0.1) is 17.2 Å². The molecule has 0 bridgehead atoms. The van der Waals surface area contributed by atoms with Gasteiger partial charge < -0.3 is 10.6 Å². The highest BCUT2D eigenvalue weighted by molar-refractivity contribution is 7.13. The first-order valence-corrected chi connectivity index (χ1v) is 8.24. The number of hydrogen-bond acceptors (Lipinski definition) is 6. The normalized spacial score (nSPS) is 10.4. The van der Waals surface area contributed by atoms with Gasteiger partial charge in [-0.15, -0.1) is 11.3 Å². The molecule has 0 saturated carbocycles. The number of aromatic nitrogens is 1. The molecule has 2 aromatic carbocycles. The van der Waals surface area contributed by atoms with Gasteiger partial charge in [-0.05, 0) is 25.1 Å². The highest BCUT2D eigenvalue weighted by Gasteiger charge is 2.06. The standard InChI is InChI=1S/C17H16N4O2S/c1-12-5-7-13(8-6-12)19-17-20-15(11-24-17)10-18-14-3-2-4-16(9-14)21(22)23/h2-9,11,18H,10H2,1H3,(H,19,20). The zero-order chi connectivity index (χ0) is 16.9. The summed E-state index contributed by atoms with van der Waals surface area (Å²) in [6.07, 6.45) is 0. The van der Waals surface area contributed by atoms with Gasteiger partial charge in [0.1, 0.15) is 0 Å². The molecule has 0 atom stereocenters. The van der Waals surface area contributed by atoms with Gasteiger partial charge in [0.15, 0.2) is 5.13 Å². The predicted octanol–water partition coefficient (Wildman–Crippen LogP) is 4.72. The van der Waals surface area contributed by atoms with Crippen LogP contribution >= 0.6 is 11.3 Å². The summed E-state index contributed by atoms with van der Waals surface area (Å²) in [6, 6.07) is 14.5. The Kier molecular flexibility index (Phi) is 4.72. The maximum atomic E-state index is 10.8. The van der Waals surface area contributed by atoms with Gasteiger partial charge in [-0.3, -0.25) is 10.1 Å². The zero-order valence-corrected chi connectivity index (χ0v) is 13.8. The lowest BCUT2D eigenvalue weighted by Crippen LogP contribution is -2.00. The molecule has 1 aromatic heterocycles. The van der Waals surface area contributed by atoms with Crippen LogP contribution in [0.3, 0.4) is 0 Å². The Hall–Kier alpha value is -2.93. The third-order valence-corrected chi connectivity index (χ3v) is 4.19. The minimum atomic E-state index is -0.405. The molecule has 0 aliphatic carbocycles. The molecule has 0 fully saturated rings. The summed E-state index contributed by atoms with van der Waals surface area (Å²) in [4.78, 5) is 14.9. The van der Waals surface area contributed by atoms with Crippen LogP contribution < -0.4 is 10.6 Å². The molecule has 0 aliphatic heterocycles. The van der Waals surface area contributed by atoms with E-state index in [9.17, 15) is 10.1 Å². The van der Waals surface area contributed by atoms with Crippen LogP contribution in [0.2, 0.25) is 0 Å². The number of hydrogen-bond donors (Lipinski definition) is 2. The maximum absolute atomic E-state index is 10.8. The van der Waals surface area contributed by atoms with Crippen molar-refractivity contribution < 1.29 is 4.92 Å². The van der Waals surface area contributed by atoms with Crippen LogP contribution in [0.4, 0.5) is 22.2 Å². The average molecular weight is 340 g/mol. The summed E-state index contributed by atoms with van der Waals surface area (Å²) in [5.74, 6) is 0. The Balaban J connectivity index is 1.61. The van der Waals surface area contributed by atoms with Crippen molar-refractivity contribution in [3.8, 4) is 0 Å². The quantitative estimate of drug-likeness (QED) is 0.501. The minimum absolute atomic E-state index is 0.0694. The Morgan fingerprint density at radius 2 is 1.96 bits per heavy atom. The van der Waals surface area contributed by atoms with Gasteiger partial charge in [0.25, 0.3) is 5.69 Å². The first-order chi connectivity index (χ1) is 11.6. The number of thiazole rings is 1. The largest absolute Gasteiger partial charge is 0.379 e. The Morgan fingerprint density at radius 1 is 1.17 bits per heavy atom. The van der Waals surface area contributed by atoms with E-state index in [1.807, 2.05) is 36.6 Å². The van der Waals surface area contributed by atoms with E-state index in [2.05, 4.69) is 15.6 Å². The predicted molar refractivity (Wildman–Crippen MR) is 97.0 cm³/mol. The second-order valence-electron chi connectivity index (χ2n) is 5.30. The van der Waals surface area contributed by atoms with Gasteiger partial charge >= 0.3 is 0 Å². The van der Waals surface area contributed by atoms with Crippen LogP contribution in [-0.2, 0) is 6.54 Å². The highest BCUT2D eigenvalue weighted by Crippen LogP contribution is 2.22. The third kappa shape index (κ3) is 4.08. The number of rotatable bonds is 6. The van der Waals surface area contributed by atoms with E-state index in [4.69, 9.17) is 0 Å². The molecule has 0 radical (unpaired) electrons. The fourth-order valence-corrected chi connectivity index (χ4v) is 2.86. The van der Waals surface area contributed by atoms with Crippen molar-refractivity contribution in [1.82, 2.24) is 4.98 Å². The molecule has 0 aliphatic rings. The van der Waals surface area contributed by atoms with Gasteiger partial charge in [-0.1, -0.05) is 23.8 Å². The molecular weight excluding hydrogens is 324 g/mol. The van der Waals surface area contributed by atoms with Crippen molar-refractivity contribution in [2.45, 2.75) is 13.5 Å². The molecule has 3 rings (SSSR count). The monoisotopic (exact) mass is 340 g/mol. The van der Waals surface area contributed by atoms with Gasteiger partial charge in [0, 0.05) is 28.9 Å². The van der Waals surface area contributed by atoms with Crippen LogP contribution in [-0.4, -0.2) is 9.91 Å². The number of nitrogens with one attached hydrogen (secondary N) is 2. The molecule has 1 heterocycles. The van der Waals surface area contributed by atoms with Crippen molar-refractivity contribution in [1.29, 1.82) is 0 Å². The smallest absolute Gasteiger partial charge is 0.271 e. The number of nitrogens with zero attached hydrogens (tertiary/aromatic N) is 2. The van der Waals surface area contributed by atoms with Crippen molar-refractivity contribution in [3.05, 3.63) is 75.3 Å². The van der Waals surface area contributed by atoms with E-state index in [0.29, 0.717) is 12.2 Å². The molecule has 0 unspecified atom stereocenters. The molecule has 7 heteroatoms. The summed E-state index contributed by atoms with van der Waals surface area (Å²) in [7, 11) is 0. The molecule has 2 N–H and O–H groups in total. The molecule has 122 valence electrons. The van der Waals surface area contributed by atoms with Crippen molar-refractivity contribution in [2.24, 2.45) is 0 Å². The molecule has 24 heavy (non-hydrogen) atoms. The van der Waals surface area contributed by atoms with E-state index >= 15 is 0 Å². The first kappa shape index (κ1) is 15.9. The molecule has 3 aromatic rings. The lowest BCUT2D eigenvalue weighted by molar-refractivity contribution is -0.384. The molecular formula is C17H16N4O2S. The Morgan fingerprint density at radius 3 is 2.71 bits per heavy atom. The number of nitro groups is 1. The van der Waals surface area contributed by atoms with Gasteiger partial charge in [-0.25, -0.2) is 4.98 Å². The third-order valence-electron chi connectivity index (χ3n) is 3.39. The van der Waals surface area contributed by atoms with Gasteiger partial charge in [-0.2, -0.15) is 0 Å². The van der Waals surface area contributed by atoms with Crippen LogP contribution in [0.5, 0.6) is 0 Å². The molecule has 6 nitrogen and oxygen atoms in total. The summed E-state index contributed by atoms with van der Waals surface area (Å²) in [5.41, 5.74) is 3.85. The number of non-ortho nitro benzene ring substituents is 1. The lowest BCUT2D eigenvalue weighted by atomic mass is 10.2. The van der Waals surface area contributed by atoms with Gasteiger partial charge in [0.2, 0.25) is 0 Å². The Bertz CT molecular complexity index is 846. The summed E-state index contributed by atoms with van der Waals surface area (Å²) < 4.78 is 0. The van der Waals surface area contributed by atoms with Crippen molar-refractivity contribution in [2.75, 3.05) is 10.6 Å². The number of nitro benzene ring substituents is 1. The number of anilines is 3. The first-order valence-electron chi connectivity index (χ1n) is 7.36. The average Bonchev–Trinajstić information content (AvgIpc) is 3.03. The van der Waals surface area contributed by atoms with Crippen LogP contribution in [0.15, 0.2) is 53.9 Å². The summed E-state index contributed by atoms with van der Waals surface area (Å²) in [5, 5.41) is 20.0. The van der Waals surface area contributed by atoms with E-state index in [0.717, 1.165) is 16.5 Å². The highest BCUT2D eigenvalue weighted by atomic mass is 32.1. The van der Waals surface area contributed by atoms with Crippen molar-refractivity contribution in [3.63, 3.8) is 0 Å². The zero-order valence-electron chi connectivity index (χ0n) is 13.0. The summed E-state index contributed by atoms with van der Waals surface area (Å²) in [6.45, 7) is 2.55. The second kappa shape index (κ2) is 7.10. The minimum Gasteiger partial charge on any atom is -0.379 e. The number of benzene rings is 2. The van der Waals surface area contributed by atoms with E-state index in [1.54, 1.807) is 12.1 Å². The van der Waals surface area contributed by atoms with Crippen LogP contribution in [0.1, 0.15) is 11.3 Å². The lowest BCUT2D eigenvalue weighted by Gasteiger charge is -2.04. The molecule has 0 spiro atoms. The van der Waals surface area contributed by atoms with Crippen LogP contribution in [0, 0.1) is 17.0 Å². The molecule has 0 saturated heterocycles. The summed E-state index contributed by atoms with van der Waals surface area (Å²) >= 11 is 1.52. The van der Waals surface area contributed by atoms with E-state index < -0.39 is 4.92 Å². The SMILES string of the molecule is Cc1ccc(Nc2nc(CNc3cccc([N+](=O)[O-])c3)cs2)cc1. The van der Waals surface area contributed by atoms with E-state index in [1.165, 1.54) is 29.0 Å². The van der Waals surface area contributed by atoms with E-state index in [-0.39, 0.29) is 5.69 Å². The number of aryl methyl sites for hydroxylation is 1. The molecule has 0 amide bonds. The fourth-order valence-electron chi connectivity index (χ4n) is 2.13. The second-order valence-corrected chi connectivity index (χ2v) is 6.15. The maximum Gasteiger partial charge on any atom is 0.271 e. The van der Waals surface area contributed by atoms with Crippen molar-refractivity contribution >= 4 is 33.5 Å². The Labute approximate surface area is 143 Å². The topological polar surface area (TPSA) is 80.1 Å². The fraction of sp³-hybridized carbons (Fsp3) is 0.118. The van der Waals surface area contributed by atoms with Crippen LogP contribution in [0.25, 0.3) is 0 Å².